The van der Waals surface area contributed by atoms with Gasteiger partial charge in [-0.1, -0.05) is 34.1 Å². The lowest BCUT2D eigenvalue weighted by molar-refractivity contribution is -0.142. The van der Waals surface area contributed by atoms with Gasteiger partial charge in [0.2, 0.25) is 0 Å². The number of hydrogen-bond donors (Lipinski definition) is 2. The van der Waals surface area contributed by atoms with E-state index in [-0.39, 0.29) is 11.8 Å². The largest absolute Gasteiger partial charge is 0.481 e. The van der Waals surface area contributed by atoms with E-state index in [9.17, 15) is 9.90 Å². The highest BCUT2D eigenvalue weighted by Crippen LogP contribution is 2.35. The number of carboxylic acids is 1. The van der Waals surface area contributed by atoms with Crippen LogP contribution in [0.5, 0.6) is 0 Å². The molecule has 1 aromatic rings. The molecule has 4 heteroatoms. The van der Waals surface area contributed by atoms with Crippen LogP contribution in [0.3, 0.4) is 0 Å². The number of nitrogens with one attached hydrogen (secondary N) is 1. The summed E-state index contributed by atoms with van der Waals surface area (Å²) in [5, 5.41) is 12.6. The second kappa shape index (κ2) is 5.65. The van der Waals surface area contributed by atoms with Gasteiger partial charge in [-0.3, -0.25) is 4.79 Å². The minimum absolute atomic E-state index is 0.0954. The number of hydrogen-bond acceptors (Lipinski definition) is 2. The Morgan fingerprint density at radius 3 is 2.71 bits per heavy atom. The molecule has 2 N–H and O–H groups in total. The van der Waals surface area contributed by atoms with Gasteiger partial charge in [0.05, 0.1) is 5.92 Å². The average molecular weight is 298 g/mol. The predicted octanol–water partition coefficient (Wildman–Crippen LogP) is 2.62. The maximum absolute atomic E-state index is 11.4. The molecule has 0 radical (unpaired) electrons. The summed E-state index contributed by atoms with van der Waals surface area (Å²) >= 11 is 3.52. The maximum Gasteiger partial charge on any atom is 0.307 e. The third-order valence-corrected chi connectivity index (χ3v) is 4.09. The van der Waals surface area contributed by atoms with Crippen LogP contribution in [0.1, 0.15) is 24.3 Å². The van der Waals surface area contributed by atoms with Gasteiger partial charge in [0, 0.05) is 4.47 Å². The van der Waals surface area contributed by atoms with Crippen molar-refractivity contribution in [1.82, 2.24) is 5.32 Å². The van der Waals surface area contributed by atoms with Crippen LogP contribution in [0.2, 0.25) is 0 Å². The Balaban J connectivity index is 2.32. The van der Waals surface area contributed by atoms with Crippen molar-refractivity contribution < 1.29 is 9.90 Å². The van der Waals surface area contributed by atoms with Crippen molar-refractivity contribution in [1.29, 1.82) is 0 Å². The number of carboxylic acid groups (broad SMARTS) is 1. The molecular weight excluding hydrogens is 282 g/mol. The molecule has 0 aromatic heterocycles. The smallest absolute Gasteiger partial charge is 0.307 e. The lowest BCUT2D eigenvalue weighted by Gasteiger charge is -2.22. The Bertz CT molecular complexity index is 408. The van der Waals surface area contributed by atoms with Crippen molar-refractivity contribution in [3.05, 3.63) is 34.3 Å². The summed E-state index contributed by atoms with van der Waals surface area (Å²) in [7, 11) is 0. The van der Waals surface area contributed by atoms with Crippen molar-refractivity contribution >= 4 is 21.9 Å². The van der Waals surface area contributed by atoms with E-state index in [1.54, 1.807) is 0 Å². The zero-order valence-electron chi connectivity index (χ0n) is 9.53. The van der Waals surface area contributed by atoms with Crippen LogP contribution in [0.25, 0.3) is 0 Å². The number of carbonyl (C=O) groups is 1. The first-order valence-corrected chi connectivity index (χ1v) is 6.67. The van der Waals surface area contributed by atoms with Gasteiger partial charge in [-0.05, 0) is 43.5 Å². The van der Waals surface area contributed by atoms with Gasteiger partial charge in [-0.2, -0.15) is 0 Å². The molecule has 0 saturated carbocycles. The van der Waals surface area contributed by atoms with Crippen LogP contribution in [0, 0.1) is 5.92 Å². The Labute approximate surface area is 109 Å². The summed E-state index contributed by atoms with van der Waals surface area (Å²) in [5.74, 6) is -0.878. The summed E-state index contributed by atoms with van der Waals surface area (Å²) in [6.07, 6.45) is 1.57. The van der Waals surface area contributed by atoms with E-state index >= 15 is 0 Å². The number of benzene rings is 1. The summed E-state index contributed by atoms with van der Waals surface area (Å²) in [6, 6.07) is 7.93. The quantitative estimate of drug-likeness (QED) is 0.882. The van der Waals surface area contributed by atoms with Crippen LogP contribution < -0.4 is 5.32 Å². The highest BCUT2D eigenvalue weighted by atomic mass is 79.9. The van der Waals surface area contributed by atoms with E-state index in [1.807, 2.05) is 24.3 Å². The molecule has 1 saturated heterocycles. The minimum Gasteiger partial charge on any atom is -0.481 e. The molecule has 92 valence electrons. The fourth-order valence-electron chi connectivity index (χ4n) is 2.49. The molecule has 1 aromatic carbocycles. The molecule has 2 unspecified atom stereocenters. The lowest BCUT2D eigenvalue weighted by atomic mass is 9.82. The number of rotatable bonds is 2. The fraction of sp³-hybridized carbons (Fsp3) is 0.462. The van der Waals surface area contributed by atoms with Gasteiger partial charge in [0.25, 0.3) is 0 Å². The van der Waals surface area contributed by atoms with E-state index in [2.05, 4.69) is 21.2 Å². The van der Waals surface area contributed by atoms with Crippen LogP contribution in [-0.4, -0.2) is 24.2 Å². The van der Waals surface area contributed by atoms with Crippen LogP contribution >= 0.6 is 15.9 Å². The SMILES string of the molecule is O=C(O)C1CCNCCC1c1ccccc1Br. The van der Waals surface area contributed by atoms with Crippen molar-refractivity contribution in [2.24, 2.45) is 5.92 Å². The molecule has 2 rings (SSSR count). The van der Waals surface area contributed by atoms with E-state index in [0.29, 0.717) is 6.42 Å². The molecular formula is C13H16BrNO2. The summed E-state index contributed by atoms with van der Waals surface area (Å²) < 4.78 is 1.01. The van der Waals surface area contributed by atoms with E-state index in [0.717, 1.165) is 29.5 Å². The van der Waals surface area contributed by atoms with Crippen molar-refractivity contribution in [3.8, 4) is 0 Å². The second-order valence-electron chi connectivity index (χ2n) is 4.40. The molecule has 0 bridgehead atoms. The van der Waals surface area contributed by atoms with Gasteiger partial charge in [-0.15, -0.1) is 0 Å². The Morgan fingerprint density at radius 1 is 1.29 bits per heavy atom. The molecule has 17 heavy (non-hydrogen) atoms. The summed E-state index contributed by atoms with van der Waals surface area (Å²) in [6.45, 7) is 1.67. The Hall–Kier alpha value is -0.870. The predicted molar refractivity (Wildman–Crippen MR) is 70.1 cm³/mol. The lowest BCUT2D eigenvalue weighted by Crippen LogP contribution is -2.22. The molecule has 3 nitrogen and oxygen atoms in total. The standard InChI is InChI=1S/C13H16BrNO2/c14-12-4-2-1-3-10(12)9-5-7-15-8-6-11(9)13(16)17/h1-4,9,11,15H,5-8H2,(H,16,17). The molecule has 0 spiro atoms. The molecule has 0 aliphatic carbocycles. The van der Waals surface area contributed by atoms with Gasteiger partial charge in [-0.25, -0.2) is 0 Å². The van der Waals surface area contributed by atoms with Crippen LogP contribution in [0.15, 0.2) is 28.7 Å². The van der Waals surface area contributed by atoms with Crippen molar-refractivity contribution in [2.75, 3.05) is 13.1 Å². The van der Waals surface area contributed by atoms with E-state index in [4.69, 9.17) is 0 Å². The molecule has 0 amide bonds. The van der Waals surface area contributed by atoms with Gasteiger partial charge < -0.3 is 10.4 Å². The van der Waals surface area contributed by atoms with E-state index < -0.39 is 5.97 Å². The molecule has 1 aliphatic heterocycles. The zero-order chi connectivity index (χ0) is 12.3. The topological polar surface area (TPSA) is 49.3 Å². The Morgan fingerprint density at radius 2 is 2.00 bits per heavy atom. The summed E-state index contributed by atoms with van der Waals surface area (Å²) in [5.41, 5.74) is 1.11. The maximum atomic E-state index is 11.4. The third-order valence-electron chi connectivity index (χ3n) is 3.37. The van der Waals surface area contributed by atoms with Crippen molar-refractivity contribution in [3.63, 3.8) is 0 Å². The zero-order valence-corrected chi connectivity index (χ0v) is 11.1. The highest BCUT2D eigenvalue weighted by Gasteiger charge is 2.31. The van der Waals surface area contributed by atoms with Gasteiger partial charge >= 0.3 is 5.97 Å². The monoisotopic (exact) mass is 297 g/mol. The third kappa shape index (κ3) is 2.87. The van der Waals surface area contributed by atoms with Gasteiger partial charge in [0.15, 0.2) is 0 Å². The molecule has 1 aliphatic rings. The first-order chi connectivity index (χ1) is 8.20. The summed E-state index contributed by atoms with van der Waals surface area (Å²) in [4.78, 5) is 11.4. The highest BCUT2D eigenvalue weighted by molar-refractivity contribution is 9.10. The van der Waals surface area contributed by atoms with Crippen LogP contribution in [-0.2, 0) is 4.79 Å². The number of aliphatic carboxylic acids is 1. The van der Waals surface area contributed by atoms with Gasteiger partial charge in [0.1, 0.15) is 0 Å². The normalized spacial score (nSPS) is 25.2. The van der Waals surface area contributed by atoms with Crippen molar-refractivity contribution in [2.45, 2.75) is 18.8 Å². The van der Waals surface area contributed by atoms with E-state index in [1.165, 1.54) is 0 Å². The first-order valence-electron chi connectivity index (χ1n) is 5.88. The second-order valence-corrected chi connectivity index (χ2v) is 5.25. The number of halogens is 1. The molecule has 2 atom stereocenters. The minimum atomic E-state index is -0.686. The fourth-order valence-corrected chi connectivity index (χ4v) is 3.06. The first kappa shape index (κ1) is 12.6. The molecule has 1 fully saturated rings. The van der Waals surface area contributed by atoms with Crippen LogP contribution in [0.4, 0.5) is 0 Å². The Kier molecular flexibility index (Phi) is 4.18. The average Bonchev–Trinajstić information content (AvgIpc) is 2.55. The molecule has 1 heterocycles.